The van der Waals surface area contributed by atoms with Crippen LogP contribution in [0, 0.1) is 0 Å². The van der Waals surface area contributed by atoms with E-state index in [1.54, 1.807) is 0 Å². The van der Waals surface area contributed by atoms with E-state index in [4.69, 9.17) is 5.73 Å². The third kappa shape index (κ3) is 3.04. The van der Waals surface area contributed by atoms with Crippen LogP contribution in [0.4, 0.5) is 0 Å². The summed E-state index contributed by atoms with van der Waals surface area (Å²) in [5, 5.41) is 10.9. The molecule has 0 saturated heterocycles. The molecule has 0 fully saturated rings. The zero-order valence-electron chi connectivity index (χ0n) is 10.3. The summed E-state index contributed by atoms with van der Waals surface area (Å²) in [6.07, 6.45) is 3.00. The van der Waals surface area contributed by atoms with Crippen molar-refractivity contribution in [1.82, 2.24) is 19.9 Å². The Hall–Kier alpha value is -1.95. The number of nitrogens with one attached hydrogen (secondary N) is 1. The van der Waals surface area contributed by atoms with Gasteiger partial charge in [-0.3, -0.25) is 9.20 Å². The summed E-state index contributed by atoms with van der Waals surface area (Å²) in [6, 6.07) is 5.71. The van der Waals surface area contributed by atoms with Crippen molar-refractivity contribution in [3.63, 3.8) is 0 Å². The van der Waals surface area contributed by atoms with Crippen molar-refractivity contribution >= 4 is 11.6 Å². The summed E-state index contributed by atoms with van der Waals surface area (Å²) in [4.78, 5) is 11.6. The Kier molecular flexibility index (Phi) is 3.88. The molecule has 1 unspecified atom stereocenters. The minimum absolute atomic E-state index is 0.0139. The second kappa shape index (κ2) is 5.59. The van der Waals surface area contributed by atoms with Crippen LogP contribution in [0.5, 0.6) is 0 Å². The Morgan fingerprint density at radius 2 is 2.33 bits per heavy atom. The van der Waals surface area contributed by atoms with Gasteiger partial charge >= 0.3 is 0 Å². The molecule has 0 saturated carbocycles. The first-order valence-corrected chi connectivity index (χ1v) is 5.98. The molecule has 2 aromatic rings. The second-order valence-corrected chi connectivity index (χ2v) is 4.34. The number of nitrogens with zero attached hydrogens (tertiary/aromatic N) is 3. The highest BCUT2D eigenvalue weighted by Gasteiger charge is 2.07. The zero-order valence-corrected chi connectivity index (χ0v) is 10.3. The standard InChI is InChI=1S/C12H17N5O/c1-9(13)5-6-12(18)14-8-11-16-15-10-4-2-3-7-17(10)11/h2-4,7,9H,5-6,8,13H2,1H3,(H,14,18). The molecule has 2 aromatic heterocycles. The van der Waals surface area contributed by atoms with E-state index in [9.17, 15) is 4.79 Å². The molecule has 6 nitrogen and oxygen atoms in total. The van der Waals surface area contributed by atoms with Crippen LogP contribution in [0.15, 0.2) is 24.4 Å². The highest BCUT2D eigenvalue weighted by molar-refractivity contribution is 5.75. The van der Waals surface area contributed by atoms with E-state index in [0.717, 1.165) is 11.5 Å². The quantitative estimate of drug-likeness (QED) is 0.804. The number of carbonyl (C=O) groups excluding carboxylic acids is 1. The first kappa shape index (κ1) is 12.5. The molecule has 0 bridgehead atoms. The van der Waals surface area contributed by atoms with E-state index in [1.165, 1.54) is 0 Å². The molecule has 0 aromatic carbocycles. The van der Waals surface area contributed by atoms with Gasteiger partial charge in [-0.05, 0) is 25.5 Å². The van der Waals surface area contributed by atoms with Crippen LogP contribution in [0.1, 0.15) is 25.6 Å². The average Bonchev–Trinajstić information content (AvgIpc) is 2.77. The normalized spacial score (nSPS) is 12.6. The summed E-state index contributed by atoms with van der Waals surface area (Å²) < 4.78 is 1.85. The van der Waals surface area contributed by atoms with Crippen molar-refractivity contribution in [1.29, 1.82) is 0 Å². The first-order chi connectivity index (χ1) is 8.66. The fourth-order valence-electron chi connectivity index (χ4n) is 1.64. The van der Waals surface area contributed by atoms with E-state index in [1.807, 2.05) is 35.7 Å². The second-order valence-electron chi connectivity index (χ2n) is 4.34. The molecule has 6 heteroatoms. The van der Waals surface area contributed by atoms with Gasteiger partial charge < -0.3 is 11.1 Å². The lowest BCUT2D eigenvalue weighted by Crippen LogP contribution is -2.26. The molecule has 0 radical (unpaired) electrons. The van der Waals surface area contributed by atoms with Crippen LogP contribution in [0.2, 0.25) is 0 Å². The Labute approximate surface area is 105 Å². The van der Waals surface area contributed by atoms with Crippen LogP contribution < -0.4 is 11.1 Å². The number of fused-ring (bicyclic) bond motifs is 1. The van der Waals surface area contributed by atoms with Gasteiger partial charge in [0.25, 0.3) is 0 Å². The lowest BCUT2D eigenvalue weighted by molar-refractivity contribution is -0.121. The van der Waals surface area contributed by atoms with E-state index in [2.05, 4.69) is 15.5 Å². The van der Waals surface area contributed by atoms with Crippen molar-refractivity contribution in [3.8, 4) is 0 Å². The molecule has 0 aliphatic rings. The lowest BCUT2D eigenvalue weighted by Gasteiger charge is -2.06. The third-order valence-corrected chi connectivity index (χ3v) is 2.65. The van der Waals surface area contributed by atoms with Crippen molar-refractivity contribution in [2.45, 2.75) is 32.4 Å². The lowest BCUT2D eigenvalue weighted by atomic mass is 10.2. The third-order valence-electron chi connectivity index (χ3n) is 2.65. The molecular weight excluding hydrogens is 230 g/mol. The highest BCUT2D eigenvalue weighted by Crippen LogP contribution is 2.02. The number of carbonyl (C=O) groups is 1. The Balaban J connectivity index is 1.92. The minimum Gasteiger partial charge on any atom is -0.349 e. The molecule has 0 aliphatic carbocycles. The SMILES string of the molecule is CC(N)CCC(=O)NCc1nnc2ccccn12. The van der Waals surface area contributed by atoms with E-state index in [-0.39, 0.29) is 11.9 Å². The highest BCUT2D eigenvalue weighted by atomic mass is 16.1. The molecule has 2 rings (SSSR count). The number of amides is 1. The summed E-state index contributed by atoms with van der Waals surface area (Å²) in [7, 11) is 0. The summed E-state index contributed by atoms with van der Waals surface area (Å²) in [5.41, 5.74) is 6.37. The summed E-state index contributed by atoms with van der Waals surface area (Å²) in [5.74, 6) is 0.708. The van der Waals surface area contributed by atoms with Crippen molar-refractivity contribution in [2.75, 3.05) is 0 Å². The molecule has 3 N–H and O–H groups in total. The molecule has 18 heavy (non-hydrogen) atoms. The monoisotopic (exact) mass is 247 g/mol. The molecule has 96 valence electrons. The molecule has 1 amide bonds. The van der Waals surface area contributed by atoms with Crippen molar-refractivity contribution in [3.05, 3.63) is 30.2 Å². The van der Waals surface area contributed by atoms with Crippen molar-refractivity contribution in [2.24, 2.45) is 5.73 Å². The fourth-order valence-corrected chi connectivity index (χ4v) is 1.64. The number of hydrogen-bond acceptors (Lipinski definition) is 4. The van der Waals surface area contributed by atoms with Gasteiger partial charge in [-0.2, -0.15) is 0 Å². The number of aromatic nitrogens is 3. The van der Waals surface area contributed by atoms with Gasteiger partial charge in [0.2, 0.25) is 5.91 Å². The molecular formula is C12H17N5O. The smallest absolute Gasteiger partial charge is 0.220 e. The van der Waals surface area contributed by atoms with Gasteiger partial charge in [0.05, 0.1) is 6.54 Å². The van der Waals surface area contributed by atoms with Crippen LogP contribution in [-0.2, 0) is 11.3 Å². The van der Waals surface area contributed by atoms with Crippen LogP contribution in [0.3, 0.4) is 0 Å². The number of hydrogen-bond donors (Lipinski definition) is 2. The Morgan fingerprint density at radius 3 is 3.11 bits per heavy atom. The number of nitrogens with two attached hydrogens (primary N) is 1. The fraction of sp³-hybridized carbons (Fsp3) is 0.417. The maximum atomic E-state index is 11.6. The van der Waals surface area contributed by atoms with Gasteiger partial charge in [-0.25, -0.2) is 0 Å². The molecule has 1 atom stereocenters. The summed E-state index contributed by atoms with van der Waals surface area (Å²) in [6.45, 7) is 2.27. The topological polar surface area (TPSA) is 85.3 Å². The maximum absolute atomic E-state index is 11.6. The van der Waals surface area contributed by atoms with Gasteiger partial charge in [0, 0.05) is 18.7 Å². The Morgan fingerprint density at radius 1 is 1.50 bits per heavy atom. The van der Waals surface area contributed by atoms with Crippen LogP contribution >= 0.6 is 0 Å². The first-order valence-electron chi connectivity index (χ1n) is 5.98. The summed E-state index contributed by atoms with van der Waals surface area (Å²) >= 11 is 0. The number of rotatable bonds is 5. The largest absolute Gasteiger partial charge is 0.349 e. The number of pyridine rings is 1. The minimum atomic E-state index is -0.0139. The van der Waals surface area contributed by atoms with Gasteiger partial charge in [-0.15, -0.1) is 10.2 Å². The van der Waals surface area contributed by atoms with E-state index in [0.29, 0.717) is 19.4 Å². The van der Waals surface area contributed by atoms with Crippen molar-refractivity contribution < 1.29 is 4.79 Å². The van der Waals surface area contributed by atoms with Crippen LogP contribution in [-0.4, -0.2) is 26.5 Å². The molecule has 2 heterocycles. The average molecular weight is 247 g/mol. The zero-order chi connectivity index (χ0) is 13.0. The van der Waals surface area contributed by atoms with Gasteiger partial charge in [0.1, 0.15) is 0 Å². The van der Waals surface area contributed by atoms with E-state index < -0.39 is 0 Å². The molecule has 0 aliphatic heterocycles. The van der Waals surface area contributed by atoms with Gasteiger partial charge in [0.15, 0.2) is 11.5 Å². The predicted octanol–water partition coefficient (Wildman–Crippen LogP) is 0.473. The predicted molar refractivity (Wildman–Crippen MR) is 67.7 cm³/mol. The van der Waals surface area contributed by atoms with E-state index >= 15 is 0 Å². The van der Waals surface area contributed by atoms with Gasteiger partial charge in [-0.1, -0.05) is 6.07 Å². The Bertz CT molecular complexity index is 534. The molecule has 0 spiro atoms. The van der Waals surface area contributed by atoms with Crippen LogP contribution in [0.25, 0.3) is 5.65 Å². The maximum Gasteiger partial charge on any atom is 0.220 e.